The second-order valence-corrected chi connectivity index (χ2v) is 6.09. The van der Waals surface area contributed by atoms with Crippen LogP contribution in [-0.2, 0) is 0 Å². The number of hydrogen-bond donors (Lipinski definition) is 0. The summed E-state index contributed by atoms with van der Waals surface area (Å²) in [4.78, 5) is 17.1. The summed E-state index contributed by atoms with van der Waals surface area (Å²) in [6, 6.07) is 10.3. The maximum Gasteiger partial charge on any atom is 0.360 e. The Bertz CT molecular complexity index is 709. The fourth-order valence-corrected chi connectivity index (χ4v) is 3.65. The Balaban J connectivity index is 1.67. The average molecular weight is 284 g/mol. The maximum atomic E-state index is 12.3. The molecule has 0 bridgehead atoms. The first kappa shape index (κ1) is 12.9. The first-order chi connectivity index (χ1) is 10.3. The van der Waals surface area contributed by atoms with Gasteiger partial charge in [-0.1, -0.05) is 24.6 Å². The maximum absolute atomic E-state index is 12.3. The van der Waals surface area contributed by atoms with Crippen LogP contribution < -0.4 is 10.5 Å². The zero-order valence-electron chi connectivity index (χ0n) is 12.1. The number of para-hydroxylation sites is 1. The SMILES string of the molecule is O=c1oc2ccccc2cc1N1CCN2CCCCC2C1. The van der Waals surface area contributed by atoms with Crippen LogP contribution in [0.25, 0.3) is 11.0 Å². The standard InChI is InChI=1S/C17H20N2O2/c20-17-15(11-13-5-1-2-7-16(13)21-17)19-10-9-18-8-4-3-6-14(18)12-19/h1-2,5,7,11,14H,3-4,6,8-10,12H2. The summed E-state index contributed by atoms with van der Waals surface area (Å²) >= 11 is 0. The van der Waals surface area contributed by atoms with Crippen molar-refractivity contribution in [3.8, 4) is 0 Å². The van der Waals surface area contributed by atoms with Crippen molar-refractivity contribution in [3.05, 3.63) is 40.8 Å². The first-order valence-electron chi connectivity index (χ1n) is 7.83. The van der Waals surface area contributed by atoms with Crippen molar-refractivity contribution in [3.63, 3.8) is 0 Å². The number of hydrogen-bond acceptors (Lipinski definition) is 4. The van der Waals surface area contributed by atoms with E-state index in [1.807, 2.05) is 30.3 Å². The molecule has 2 aliphatic heterocycles. The van der Waals surface area contributed by atoms with Crippen molar-refractivity contribution in [2.45, 2.75) is 25.3 Å². The molecule has 1 unspecified atom stereocenters. The Morgan fingerprint density at radius 1 is 1.10 bits per heavy atom. The molecule has 1 atom stereocenters. The monoisotopic (exact) mass is 284 g/mol. The molecular weight excluding hydrogens is 264 g/mol. The van der Waals surface area contributed by atoms with Crippen LogP contribution >= 0.6 is 0 Å². The number of piperazine rings is 1. The largest absolute Gasteiger partial charge is 0.421 e. The summed E-state index contributed by atoms with van der Waals surface area (Å²) in [5.41, 5.74) is 1.18. The van der Waals surface area contributed by atoms with Gasteiger partial charge in [-0.3, -0.25) is 4.90 Å². The molecular formula is C17H20N2O2. The Kier molecular flexibility index (Phi) is 3.19. The summed E-state index contributed by atoms with van der Waals surface area (Å²) in [5, 5.41) is 0.998. The number of benzene rings is 1. The molecule has 2 saturated heterocycles. The van der Waals surface area contributed by atoms with E-state index in [9.17, 15) is 4.79 Å². The van der Waals surface area contributed by atoms with Crippen LogP contribution in [0.3, 0.4) is 0 Å². The Morgan fingerprint density at radius 3 is 2.95 bits per heavy atom. The number of anilines is 1. The van der Waals surface area contributed by atoms with E-state index < -0.39 is 0 Å². The highest BCUT2D eigenvalue weighted by molar-refractivity contribution is 5.79. The van der Waals surface area contributed by atoms with Gasteiger partial charge in [0.15, 0.2) is 0 Å². The number of nitrogens with zero attached hydrogens (tertiary/aromatic N) is 2. The lowest BCUT2D eigenvalue weighted by molar-refractivity contribution is 0.133. The van der Waals surface area contributed by atoms with Crippen molar-refractivity contribution >= 4 is 16.7 Å². The molecule has 2 aliphatic rings. The van der Waals surface area contributed by atoms with Gasteiger partial charge in [-0.25, -0.2) is 4.79 Å². The van der Waals surface area contributed by atoms with Crippen LogP contribution in [-0.4, -0.2) is 37.1 Å². The summed E-state index contributed by atoms with van der Waals surface area (Å²) in [6.07, 6.45) is 3.87. The minimum atomic E-state index is -0.210. The van der Waals surface area contributed by atoms with Gasteiger partial charge in [-0.2, -0.15) is 0 Å². The van der Waals surface area contributed by atoms with Crippen molar-refractivity contribution in [1.82, 2.24) is 4.90 Å². The molecule has 0 spiro atoms. The van der Waals surface area contributed by atoms with Crippen LogP contribution in [0.15, 0.2) is 39.5 Å². The van der Waals surface area contributed by atoms with Crippen LogP contribution in [0.4, 0.5) is 5.69 Å². The lowest BCUT2D eigenvalue weighted by Crippen LogP contribution is -2.55. The van der Waals surface area contributed by atoms with E-state index in [2.05, 4.69) is 9.80 Å². The van der Waals surface area contributed by atoms with Gasteiger partial charge in [0, 0.05) is 31.1 Å². The van der Waals surface area contributed by atoms with E-state index in [1.165, 1.54) is 25.8 Å². The van der Waals surface area contributed by atoms with E-state index in [0.717, 1.165) is 30.7 Å². The van der Waals surface area contributed by atoms with Crippen LogP contribution in [0.5, 0.6) is 0 Å². The topological polar surface area (TPSA) is 36.7 Å². The lowest BCUT2D eigenvalue weighted by Gasteiger charge is -2.44. The van der Waals surface area contributed by atoms with Crippen molar-refractivity contribution in [2.75, 3.05) is 31.1 Å². The second kappa shape index (κ2) is 5.19. The Hall–Kier alpha value is -1.81. The lowest BCUT2D eigenvalue weighted by atomic mass is 9.99. The molecule has 1 aromatic heterocycles. The van der Waals surface area contributed by atoms with E-state index in [0.29, 0.717) is 11.6 Å². The molecule has 21 heavy (non-hydrogen) atoms. The molecule has 4 rings (SSSR count). The molecule has 0 amide bonds. The predicted octanol–water partition coefficient (Wildman–Crippen LogP) is 2.47. The van der Waals surface area contributed by atoms with Gasteiger partial charge in [0.2, 0.25) is 0 Å². The minimum Gasteiger partial charge on any atom is -0.421 e. The molecule has 1 aromatic carbocycles. The van der Waals surface area contributed by atoms with Gasteiger partial charge < -0.3 is 9.32 Å². The van der Waals surface area contributed by atoms with Gasteiger partial charge in [-0.15, -0.1) is 0 Å². The molecule has 110 valence electrons. The third-order valence-electron chi connectivity index (χ3n) is 4.80. The first-order valence-corrected chi connectivity index (χ1v) is 7.83. The van der Waals surface area contributed by atoms with E-state index in [4.69, 9.17) is 4.42 Å². The minimum absolute atomic E-state index is 0.210. The van der Waals surface area contributed by atoms with Crippen molar-refractivity contribution in [1.29, 1.82) is 0 Å². The van der Waals surface area contributed by atoms with Gasteiger partial charge in [0.25, 0.3) is 0 Å². The summed E-state index contributed by atoms with van der Waals surface area (Å²) in [7, 11) is 0. The molecule has 3 heterocycles. The summed E-state index contributed by atoms with van der Waals surface area (Å²) in [6.45, 7) is 4.13. The van der Waals surface area contributed by atoms with Gasteiger partial charge in [-0.05, 0) is 31.5 Å². The highest BCUT2D eigenvalue weighted by atomic mass is 16.4. The molecule has 0 radical (unpaired) electrons. The van der Waals surface area contributed by atoms with Crippen LogP contribution in [0, 0.1) is 0 Å². The van der Waals surface area contributed by atoms with Crippen LogP contribution in [0.2, 0.25) is 0 Å². The van der Waals surface area contributed by atoms with Gasteiger partial charge in [0.1, 0.15) is 11.3 Å². The Morgan fingerprint density at radius 2 is 2.00 bits per heavy atom. The zero-order valence-corrected chi connectivity index (χ0v) is 12.1. The van der Waals surface area contributed by atoms with E-state index in [-0.39, 0.29) is 5.63 Å². The Labute approximate surface area is 124 Å². The normalized spacial score (nSPS) is 23.2. The number of piperidine rings is 1. The number of fused-ring (bicyclic) bond motifs is 2. The smallest absolute Gasteiger partial charge is 0.360 e. The van der Waals surface area contributed by atoms with Gasteiger partial charge in [0.05, 0.1) is 0 Å². The highest BCUT2D eigenvalue weighted by Gasteiger charge is 2.30. The summed E-state index contributed by atoms with van der Waals surface area (Å²) < 4.78 is 5.47. The van der Waals surface area contributed by atoms with E-state index >= 15 is 0 Å². The molecule has 2 aromatic rings. The molecule has 0 N–H and O–H groups in total. The fraction of sp³-hybridized carbons (Fsp3) is 0.471. The average Bonchev–Trinajstić information content (AvgIpc) is 2.54. The van der Waals surface area contributed by atoms with Crippen molar-refractivity contribution < 1.29 is 4.42 Å². The van der Waals surface area contributed by atoms with Crippen LogP contribution in [0.1, 0.15) is 19.3 Å². The number of rotatable bonds is 1. The van der Waals surface area contributed by atoms with Crippen molar-refractivity contribution in [2.24, 2.45) is 0 Å². The molecule has 4 heteroatoms. The fourth-order valence-electron chi connectivity index (χ4n) is 3.65. The summed E-state index contributed by atoms with van der Waals surface area (Å²) in [5.74, 6) is 0. The third-order valence-corrected chi connectivity index (χ3v) is 4.80. The quantitative estimate of drug-likeness (QED) is 0.754. The predicted molar refractivity (Wildman–Crippen MR) is 83.9 cm³/mol. The molecule has 0 aliphatic carbocycles. The highest BCUT2D eigenvalue weighted by Crippen LogP contribution is 2.25. The second-order valence-electron chi connectivity index (χ2n) is 6.09. The molecule has 4 nitrogen and oxygen atoms in total. The zero-order chi connectivity index (χ0) is 14.2. The van der Waals surface area contributed by atoms with E-state index in [1.54, 1.807) is 0 Å². The third kappa shape index (κ3) is 2.33. The van der Waals surface area contributed by atoms with Gasteiger partial charge >= 0.3 is 5.63 Å². The molecule has 2 fully saturated rings. The molecule has 0 saturated carbocycles.